The fraction of sp³-hybridized carbons (Fsp3) is 0.882. The largest absolute Gasteiger partial charge is 1.00 e. The van der Waals surface area contributed by atoms with Crippen LogP contribution in [0.25, 0.3) is 0 Å². The Hall–Kier alpha value is -0.610. The van der Waals surface area contributed by atoms with E-state index in [0.717, 1.165) is 12.8 Å². The van der Waals surface area contributed by atoms with Crippen LogP contribution in [0.3, 0.4) is 0 Å². The van der Waals surface area contributed by atoms with Gasteiger partial charge in [-0.15, -0.1) is 0 Å². The van der Waals surface area contributed by atoms with Crippen molar-refractivity contribution in [1.82, 2.24) is 0 Å². The molecule has 0 aromatic heterocycles. The van der Waals surface area contributed by atoms with E-state index in [1.165, 1.54) is 51.4 Å². The monoisotopic (exact) mass is 335 g/mol. The number of carbonyl (C=O) groups is 2. The fourth-order valence-corrected chi connectivity index (χ4v) is 2.49. The smallest absolute Gasteiger partial charge is 0.359 e. The zero-order chi connectivity index (χ0) is 16.1. The molecule has 0 aromatic carbocycles. The molecule has 0 aliphatic rings. The van der Waals surface area contributed by atoms with Gasteiger partial charge in [0.05, 0.1) is 20.5 Å². The maximum Gasteiger partial charge on any atom is 0.359 e. The van der Waals surface area contributed by atoms with E-state index in [2.05, 4.69) is 6.92 Å². The Morgan fingerprint density at radius 1 is 0.818 bits per heavy atom. The molecule has 1 amide bonds. The third-order valence-electron chi connectivity index (χ3n) is 3.95. The van der Waals surface area contributed by atoms with Crippen molar-refractivity contribution in [2.75, 3.05) is 20.6 Å². The first-order chi connectivity index (χ1) is 9.90. The van der Waals surface area contributed by atoms with Gasteiger partial charge in [-0.1, -0.05) is 64.7 Å². The third kappa shape index (κ3) is 13.1. The maximum absolute atomic E-state index is 11.9. The average molecular weight is 336 g/mol. The number of rotatable bonds is 13. The van der Waals surface area contributed by atoms with Gasteiger partial charge in [0.2, 0.25) is 0 Å². The van der Waals surface area contributed by atoms with E-state index in [9.17, 15) is 9.59 Å². The molecule has 0 radical (unpaired) electrons. The van der Waals surface area contributed by atoms with Gasteiger partial charge in [-0.2, -0.15) is 0 Å². The summed E-state index contributed by atoms with van der Waals surface area (Å²) < 4.78 is -0.0488. The van der Waals surface area contributed by atoms with Crippen LogP contribution in [0.15, 0.2) is 0 Å². The lowest BCUT2D eigenvalue weighted by Crippen LogP contribution is -3.00. The Balaban J connectivity index is 0. The van der Waals surface area contributed by atoms with Gasteiger partial charge < -0.3 is 17.5 Å². The van der Waals surface area contributed by atoms with Gasteiger partial charge in [0.1, 0.15) is 0 Å². The number of likely N-dealkylation sites (N-methyl/N-ethyl adjacent to an activating group) is 1. The van der Waals surface area contributed by atoms with Crippen LogP contribution in [-0.2, 0) is 9.59 Å². The zero-order valence-electron chi connectivity index (χ0n) is 14.6. The van der Waals surface area contributed by atoms with Crippen molar-refractivity contribution in [3.8, 4) is 0 Å². The summed E-state index contributed by atoms with van der Waals surface area (Å²) in [4.78, 5) is 22.6. The molecule has 0 spiro atoms. The van der Waals surface area contributed by atoms with Crippen LogP contribution >= 0.6 is 0 Å². The summed E-state index contributed by atoms with van der Waals surface area (Å²) in [5.74, 6) is -0.895. The number of hydrogen-bond acceptors (Lipinski definition) is 2. The van der Waals surface area contributed by atoms with Gasteiger partial charge in [-0.05, 0) is 6.42 Å². The molecule has 0 saturated carbocycles. The number of halogens is 1. The van der Waals surface area contributed by atoms with Crippen molar-refractivity contribution in [2.24, 2.45) is 0 Å². The highest BCUT2D eigenvalue weighted by atomic mass is 35.5. The standard InChI is InChI=1S/C17H33NO3.ClH/c1-4-5-6-7-8-9-10-11-12-13-14-16(19)18(2,3)15-17(20)21;/h4-15H2,1-3H3;1H. The molecule has 0 heterocycles. The van der Waals surface area contributed by atoms with Gasteiger partial charge in [0.25, 0.3) is 0 Å². The number of aliphatic carboxylic acids is 1. The van der Waals surface area contributed by atoms with Crippen LogP contribution in [-0.4, -0.2) is 42.1 Å². The van der Waals surface area contributed by atoms with Crippen molar-refractivity contribution in [2.45, 2.75) is 77.6 Å². The van der Waals surface area contributed by atoms with E-state index in [4.69, 9.17) is 5.11 Å². The fourth-order valence-electron chi connectivity index (χ4n) is 2.49. The van der Waals surface area contributed by atoms with Crippen LogP contribution in [0.1, 0.15) is 77.6 Å². The molecule has 0 bridgehead atoms. The predicted molar refractivity (Wildman–Crippen MR) is 86.1 cm³/mol. The molecule has 1 N–H and O–H groups in total. The summed E-state index contributed by atoms with van der Waals surface area (Å²) in [6, 6.07) is 0. The van der Waals surface area contributed by atoms with Gasteiger partial charge in [-0.3, -0.25) is 4.48 Å². The highest BCUT2D eigenvalue weighted by Crippen LogP contribution is 2.12. The summed E-state index contributed by atoms with van der Waals surface area (Å²) in [6.45, 7) is 2.11. The average Bonchev–Trinajstić information content (AvgIpc) is 2.39. The molecule has 0 aliphatic carbocycles. The first-order valence-electron chi connectivity index (χ1n) is 8.48. The molecule has 0 rings (SSSR count). The van der Waals surface area contributed by atoms with Gasteiger partial charge in [-0.25, -0.2) is 9.59 Å². The van der Waals surface area contributed by atoms with E-state index in [1.807, 2.05) is 0 Å². The highest BCUT2D eigenvalue weighted by molar-refractivity contribution is 5.74. The topological polar surface area (TPSA) is 54.4 Å². The SMILES string of the molecule is CCCCCCCCCCCCC(=O)[N+](C)(C)CC(=O)O.[Cl-]. The predicted octanol–water partition coefficient (Wildman–Crippen LogP) is 0.989. The second-order valence-electron chi connectivity index (χ2n) is 6.56. The van der Waals surface area contributed by atoms with Crippen LogP contribution < -0.4 is 12.4 Å². The van der Waals surface area contributed by atoms with Crippen molar-refractivity contribution >= 4 is 11.9 Å². The molecular formula is C17H34ClNO3. The first-order valence-corrected chi connectivity index (χ1v) is 8.48. The third-order valence-corrected chi connectivity index (χ3v) is 3.95. The molecule has 0 saturated heterocycles. The molecule has 22 heavy (non-hydrogen) atoms. The van der Waals surface area contributed by atoms with Crippen LogP contribution in [0.4, 0.5) is 0 Å². The van der Waals surface area contributed by atoms with Crippen LogP contribution in [0, 0.1) is 0 Å². The molecule has 4 nitrogen and oxygen atoms in total. The lowest BCUT2D eigenvalue weighted by molar-refractivity contribution is -0.806. The Morgan fingerprint density at radius 2 is 1.23 bits per heavy atom. The normalized spacial score (nSPS) is 11.0. The van der Waals surface area contributed by atoms with E-state index in [0.29, 0.717) is 6.42 Å². The minimum atomic E-state index is -0.920. The second kappa shape index (κ2) is 14.0. The number of amides is 1. The Bertz CT molecular complexity index is 306. The number of carboxylic acids is 1. The van der Waals surface area contributed by atoms with Crippen molar-refractivity contribution < 1.29 is 31.6 Å². The number of unbranched alkanes of at least 4 members (excludes halogenated alkanes) is 9. The maximum atomic E-state index is 11.9. The lowest BCUT2D eigenvalue weighted by Gasteiger charge is -2.24. The Labute approximate surface area is 142 Å². The summed E-state index contributed by atoms with van der Waals surface area (Å²) >= 11 is 0. The number of carbonyl (C=O) groups excluding carboxylic acids is 1. The summed E-state index contributed by atoms with van der Waals surface area (Å²) in [7, 11) is 3.35. The number of nitrogens with zero attached hydrogens (tertiary/aromatic N) is 1. The Kier molecular flexibility index (Phi) is 15.1. The van der Waals surface area contributed by atoms with E-state index >= 15 is 0 Å². The van der Waals surface area contributed by atoms with E-state index in [-0.39, 0.29) is 29.3 Å². The number of carboxylic acid groups (broad SMARTS) is 1. The second-order valence-corrected chi connectivity index (χ2v) is 6.56. The van der Waals surface area contributed by atoms with Gasteiger partial charge in [0.15, 0.2) is 6.54 Å². The highest BCUT2D eigenvalue weighted by Gasteiger charge is 2.28. The summed E-state index contributed by atoms with van der Waals surface area (Å²) in [6.07, 6.45) is 12.9. The van der Waals surface area contributed by atoms with E-state index < -0.39 is 5.97 Å². The molecule has 0 atom stereocenters. The Morgan fingerprint density at radius 3 is 1.64 bits per heavy atom. The van der Waals surface area contributed by atoms with Crippen molar-refractivity contribution in [1.29, 1.82) is 0 Å². The van der Waals surface area contributed by atoms with Crippen molar-refractivity contribution in [3.63, 3.8) is 0 Å². The molecule has 5 heteroatoms. The quantitative estimate of drug-likeness (QED) is 0.403. The van der Waals surface area contributed by atoms with Crippen molar-refractivity contribution in [3.05, 3.63) is 0 Å². The summed E-state index contributed by atoms with van der Waals surface area (Å²) in [5.41, 5.74) is 0. The first kappa shape index (κ1) is 23.7. The summed E-state index contributed by atoms with van der Waals surface area (Å²) in [5, 5.41) is 8.78. The minimum absolute atomic E-state index is 0. The van der Waals surface area contributed by atoms with Gasteiger partial charge >= 0.3 is 11.9 Å². The van der Waals surface area contributed by atoms with Crippen LogP contribution in [0.2, 0.25) is 0 Å². The molecule has 0 aliphatic heterocycles. The number of quaternary nitrogens is 1. The molecule has 0 unspecified atom stereocenters. The van der Waals surface area contributed by atoms with Gasteiger partial charge in [0, 0.05) is 0 Å². The lowest BCUT2D eigenvalue weighted by atomic mass is 10.1. The molecule has 132 valence electrons. The van der Waals surface area contributed by atoms with Crippen LogP contribution in [0.5, 0.6) is 0 Å². The van der Waals surface area contributed by atoms with E-state index in [1.54, 1.807) is 14.1 Å². The zero-order valence-corrected chi connectivity index (χ0v) is 15.3. The minimum Gasteiger partial charge on any atom is -1.00 e. The molecule has 0 fully saturated rings. The molecule has 0 aromatic rings. The molecular weight excluding hydrogens is 302 g/mol. The number of hydrogen-bond donors (Lipinski definition) is 1.